The lowest BCUT2D eigenvalue weighted by atomic mass is 10.1. The van der Waals surface area contributed by atoms with Crippen molar-refractivity contribution in [1.29, 1.82) is 0 Å². The number of benzene rings is 1. The van der Waals surface area contributed by atoms with Gasteiger partial charge in [0.1, 0.15) is 5.82 Å². The molecule has 0 aliphatic rings. The van der Waals surface area contributed by atoms with Crippen LogP contribution in [0.1, 0.15) is 21.7 Å². The van der Waals surface area contributed by atoms with Gasteiger partial charge < -0.3 is 20.1 Å². The van der Waals surface area contributed by atoms with E-state index in [1.807, 2.05) is 43.3 Å². The molecule has 2 N–H and O–H groups in total. The van der Waals surface area contributed by atoms with Crippen LogP contribution in [0.2, 0.25) is 0 Å². The van der Waals surface area contributed by atoms with E-state index >= 15 is 0 Å². The van der Waals surface area contributed by atoms with Crippen molar-refractivity contribution >= 4 is 17.4 Å². The number of rotatable bonds is 9. The molecule has 28 heavy (non-hydrogen) atoms. The first-order valence-electron chi connectivity index (χ1n) is 8.96. The molecule has 3 aromatic rings. The third-order valence-corrected chi connectivity index (χ3v) is 4.25. The molecule has 0 aliphatic heterocycles. The SMILES string of the molecule is COC(CNc1ccc2nnc(CCNC(=O)c3ccc(C)cc3)n2n1)OC. The molecule has 0 saturated carbocycles. The van der Waals surface area contributed by atoms with E-state index in [0.29, 0.717) is 42.4 Å². The van der Waals surface area contributed by atoms with Crippen molar-refractivity contribution in [2.24, 2.45) is 0 Å². The fourth-order valence-electron chi connectivity index (χ4n) is 2.63. The lowest BCUT2D eigenvalue weighted by molar-refractivity contribution is -0.0914. The summed E-state index contributed by atoms with van der Waals surface area (Å²) in [7, 11) is 3.16. The molecule has 0 atom stereocenters. The van der Waals surface area contributed by atoms with Crippen LogP contribution in [-0.4, -0.2) is 59.3 Å². The monoisotopic (exact) mass is 384 g/mol. The molecule has 1 aromatic carbocycles. The number of nitrogens with zero attached hydrogens (tertiary/aromatic N) is 4. The number of nitrogens with one attached hydrogen (secondary N) is 2. The molecule has 3 rings (SSSR count). The van der Waals surface area contributed by atoms with Crippen LogP contribution in [0.3, 0.4) is 0 Å². The summed E-state index contributed by atoms with van der Waals surface area (Å²) in [6, 6.07) is 11.1. The highest BCUT2D eigenvalue weighted by atomic mass is 16.7. The van der Waals surface area contributed by atoms with Gasteiger partial charge in [-0.2, -0.15) is 4.52 Å². The molecule has 0 bridgehead atoms. The molecule has 0 saturated heterocycles. The summed E-state index contributed by atoms with van der Waals surface area (Å²) in [5.74, 6) is 1.20. The van der Waals surface area contributed by atoms with Gasteiger partial charge in [-0.05, 0) is 31.2 Å². The van der Waals surface area contributed by atoms with Crippen LogP contribution in [0.25, 0.3) is 5.65 Å². The number of methoxy groups -OCH3 is 2. The third kappa shape index (κ3) is 4.81. The predicted octanol–water partition coefficient (Wildman–Crippen LogP) is 1.44. The minimum absolute atomic E-state index is 0.116. The molecule has 0 aliphatic carbocycles. The van der Waals surface area contributed by atoms with Crippen LogP contribution in [0, 0.1) is 6.92 Å². The maximum atomic E-state index is 12.2. The van der Waals surface area contributed by atoms with Crippen LogP contribution in [0.5, 0.6) is 0 Å². The quantitative estimate of drug-likeness (QED) is 0.538. The van der Waals surface area contributed by atoms with Gasteiger partial charge in [-0.1, -0.05) is 17.7 Å². The molecule has 148 valence electrons. The van der Waals surface area contributed by atoms with E-state index in [1.165, 1.54) is 0 Å². The normalized spacial score (nSPS) is 11.1. The molecule has 9 heteroatoms. The van der Waals surface area contributed by atoms with Crippen molar-refractivity contribution in [2.45, 2.75) is 19.6 Å². The average molecular weight is 384 g/mol. The highest BCUT2D eigenvalue weighted by Gasteiger charge is 2.11. The number of hydrogen-bond acceptors (Lipinski definition) is 7. The smallest absolute Gasteiger partial charge is 0.251 e. The summed E-state index contributed by atoms with van der Waals surface area (Å²) >= 11 is 0. The number of ether oxygens (including phenoxy) is 2. The van der Waals surface area contributed by atoms with Crippen LogP contribution in [0.4, 0.5) is 5.82 Å². The van der Waals surface area contributed by atoms with E-state index in [4.69, 9.17) is 9.47 Å². The van der Waals surface area contributed by atoms with E-state index in [2.05, 4.69) is 25.9 Å². The molecule has 2 aromatic heterocycles. The van der Waals surface area contributed by atoms with Crippen LogP contribution in [-0.2, 0) is 15.9 Å². The summed E-state index contributed by atoms with van der Waals surface area (Å²) in [6.45, 7) is 2.87. The first-order valence-corrected chi connectivity index (χ1v) is 8.96. The van der Waals surface area contributed by atoms with Gasteiger partial charge >= 0.3 is 0 Å². The highest BCUT2D eigenvalue weighted by Crippen LogP contribution is 2.08. The van der Waals surface area contributed by atoms with Crippen molar-refractivity contribution in [3.63, 3.8) is 0 Å². The van der Waals surface area contributed by atoms with Gasteiger partial charge in [-0.15, -0.1) is 15.3 Å². The molecule has 9 nitrogen and oxygen atoms in total. The maximum absolute atomic E-state index is 12.2. The Balaban J connectivity index is 1.60. The zero-order valence-corrected chi connectivity index (χ0v) is 16.2. The molecule has 0 unspecified atom stereocenters. The van der Waals surface area contributed by atoms with Crippen molar-refractivity contribution in [1.82, 2.24) is 25.1 Å². The first-order chi connectivity index (χ1) is 13.6. The lowest BCUT2D eigenvalue weighted by Crippen LogP contribution is -2.26. The van der Waals surface area contributed by atoms with Gasteiger partial charge in [0.2, 0.25) is 0 Å². The summed E-state index contributed by atoms with van der Waals surface area (Å²) in [5.41, 5.74) is 2.39. The van der Waals surface area contributed by atoms with Crippen molar-refractivity contribution in [2.75, 3.05) is 32.6 Å². The van der Waals surface area contributed by atoms with Gasteiger partial charge in [-0.3, -0.25) is 4.79 Å². The van der Waals surface area contributed by atoms with E-state index in [9.17, 15) is 4.79 Å². The number of aromatic nitrogens is 4. The Labute approximate surface area is 163 Å². The Morgan fingerprint density at radius 3 is 2.57 bits per heavy atom. The Morgan fingerprint density at radius 2 is 1.86 bits per heavy atom. The number of amides is 1. The number of carbonyl (C=O) groups is 1. The minimum atomic E-state index is -0.366. The fourth-order valence-corrected chi connectivity index (χ4v) is 2.63. The Bertz CT molecular complexity index is 921. The van der Waals surface area contributed by atoms with Crippen molar-refractivity contribution < 1.29 is 14.3 Å². The molecular weight excluding hydrogens is 360 g/mol. The van der Waals surface area contributed by atoms with E-state index in [1.54, 1.807) is 18.7 Å². The van der Waals surface area contributed by atoms with Gasteiger partial charge in [0.25, 0.3) is 5.91 Å². The Morgan fingerprint density at radius 1 is 1.11 bits per heavy atom. The number of aryl methyl sites for hydroxylation is 1. The zero-order valence-electron chi connectivity index (χ0n) is 16.2. The molecular formula is C19H24N6O3. The largest absolute Gasteiger partial charge is 0.364 e. The highest BCUT2D eigenvalue weighted by molar-refractivity contribution is 5.94. The molecule has 0 fully saturated rings. The van der Waals surface area contributed by atoms with E-state index in [-0.39, 0.29) is 12.2 Å². The number of fused-ring (bicyclic) bond motifs is 1. The van der Waals surface area contributed by atoms with E-state index in [0.717, 1.165) is 5.56 Å². The number of carbonyl (C=O) groups excluding carboxylic acids is 1. The molecule has 0 spiro atoms. The minimum Gasteiger partial charge on any atom is -0.364 e. The van der Waals surface area contributed by atoms with Crippen LogP contribution >= 0.6 is 0 Å². The average Bonchev–Trinajstić information content (AvgIpc) is 3.11. The lowest BCUT2D eigenvalue weighted by Gasteiger charge is -2.14. The summed E-state index contributed by atoms with van der Waals surface area (Å²) < 4.78 is 12.0. The van der Waals surface area contributed by atoms with Gasteiger partial charge in [0.15, 0.2) is 17.8 Å². The van der Waals surface area contributed by atoms with Gasteiger partial charge in [0, 0.05) is 32.7 Å². The van der Waals surface area contributed by atoms with Crippen molar-refractivity contribution in [3.8, 4) is 0 Å². The Kier molecular flexibility index (Phi) is 6.51. The second kappa shape index (κ2) is 9.25. The summed E-state index contributed by atoms with van der Waals surface area (Å²) in [5, 5.41) is 18.8. The summed E-state index contributed by atoms with van der Waals surface area (Å²) in [6.07, 6.45) is 0.142. The second-order valence-electron chi connectivity index (χ2n) is 6.26. The first kappa shape index (κ1) is 19.7. The van der Waals surface area contributed by atoms with Gasteiger partial charge in [0.05, 0.1) is 6.54 Å². The third-order valence-electron chi connectivity index (χ3n) is 4.25. The second-order valence-corrected chi connectivity index (χ2v) is 6.26. The van der Waals surface area contributed by atoms with Crippen LogP contribution in [0.15, 0.2) is 36.4 Å². The van der Waals surface area contributed by atoms with E-state index < -0.39 is 0 Å². The number of hydrogen-bond donors (Lipinski definition) is 2. The summed E-state index contributed by atoms with van der Waals surface area (Å²) in [4.78, 5) is 12.2. The van der Waals surface area contributed by atoms with Crippen molar-refractivity contribution in [3.05, 3.63) is 53.3 Å². The standard InChI is InChI=1S/C19H24N6O3/c1-13-4-6-14(7-5-13)19(26)20-11-10-17-23-22-16-9-8-15(24-25(16)17)21-12-18(27-2)28-3/h4-9,18H,10-12H2,1-3H3,(H,20,26)(H,21,24). The molecule has 0 radical (unpaired) electrons. The molecule has 1 amide bonds. The van der Waals surface area contributed by atoms with Gasteiger partial charge in [-0.25, -0.2) is 0 Å². The predicted molar refractivity (Wildman–Crippen MR) is 104 cm³/mol. The molecule has 2 heterocycles. The fraction of sp³-hybridized carbons (Fsp3) is 0.368. The maximum Gasteiger partial charge on any atom is 0.251 e. The number of anilines is 1. The Hall–Kier alpha value is -3.04. The van der Waals surface area contributed by atoms with Crippen LogP contribution < -0.4 is 10.6 Å². The zero-order chi connectivity index (χ0) is 19.9. The topological polar surface area (TPSA) is 103 Å².